The summed E-state index contributed by atoms with van der Waals surface area (Å²) in [7, 11) is 0. The number of benzene rings is 1. The van der Waals surface area contributed by atoms with Crippen molar-refractivity contribution in [2.75, 3.05) is 0 Å². The zero-order chi connectivity index (χ0) is 22.2. The largest absolute Gasteiger partial charge is 0.486 e. The molecule has 2 aliphatic rings. The second kappa shape index (κ2) is 7.87. The van der Waals surface area contributed by atoms with Gasteiger partial charge in [-0.15, -0.1) is 0 Å². The summed E-state index contributed by atoms with van der Waals surface area (Å²) in [6, 6.07) is 9.68. The summed E-state index contributed by atoms with van der Waals surface area (Å²) in [4.78, 5) is 12.5. The molecule has 0 amide bonds. The quantitative estimate of drug-likeness (QED) is 0.756. The highest BCUT2D eigenvalue weighted by Crippen LogP contribution is 2.43. The minimum Gasteiger partial charge on any atom is -0.486 e. The standard InChI is InChI=1S/C22H17F3N2O4/c23-22(24,25)12-3-1-4-13(9-12)29-11-14-7-8-18(30-14)19-15(10-26)21(27)31-17-6-2-5-16(28)20(17)19/h1,3-4,7-9,19H,2,5-6,11,27H2/t19-/m0/s1. The molecule has 1 atom stereocenters. The van der Waals surface area contributed by atoms with Crippen molar-refractivity contribution in [3.05, 3.63) is 76.3 Å². The van der Waals surface area contributed by atoms with E-state index in [4.69, 9.17) is 19.6 Å². The van der Waals surface area contributed by atoms with Crippen LogP contribution in [0, 0.1) is 11.3 Å². The van der Waals surface area contributed by atoms with Gasteiger partial charge in [-0.2, -0.15) is 18.4 Å². The fourth-order valence-corrected chi connectivity index (χ4v) is 3.68. The molecule has 0 spiro atoms. The number of allylic oxidation sites excluding steroid dienone is 3. The maximum Gasteiger partial charge on any atom is 0.416 e. The Kier molecular flexibility index (Phi) is 5.23. The van der Waals surface area contributed by atoms with E-state index < -0.39 is 17.7 Å². The summed E-state index contributed by atoms with van der Waals surface area (Å²) in [6.07, 6.45) is -2.97. The number of nitrogens with zero attached hydrogens (tertiary/aromatic N) is 1. The molecule has 0 bridgehead atoms. The van der Waals surface area contributed by atoms with Gasteiger partial charge in [0.15, 0.2) is 5.78 Å². The molecule has 2 heterocycles. The number of carbonyl (C=O) groups is 1. The third kappa shape index (κ3) is 4.01. The van der Waals surface area contributed by atoms with Crippen LogP contribution in [-0.2, 0) is 22.3 Å². The Balaban J connectivity index is 1.58. The van der Waals surface area contributed by atoms with Crippen LogP contribution in [0.3, 0.4) is 0 Å². The molecule has 6 nitrogen and oxygen atoms in total. The molecular weight excluding hydrogens is 413 g/mol. The Labute approximate surface area is 175 Å². The first-order valence-electron chi connectivity index (χ1n) is 9.50. The molecule has 0 saturated heterocycles. The van der Waals surface area contributed by atoms with Crippen molar-refractivity contribution in [2.24, 2.45) is 5.73 Å². The first-order chi connectivity index (χ1) is 14.8. The van der Waals surface area contributed by atoms with Crippen molar-refractivity contribution in [3.8, 4) is 11.8 Å². The Bertz CT molecular complexity index is 1140. The van der Waals surface area contributed by atoms with Gasteiger partial charge in [-0.05, 0) is 36.8 Å². The van der Waals surface area contributed by atoms with Crippen molar-refractivity contribution in [1.29, 1.82) is 5.26 Å². The molecule has 31 heavy (non-hydrogen) atoms. The first-order valence-corrected chi connectivity index (χ1v) is 9.50. The van der Waals surface area contributed by atoms with E-state index in [2.05, 4.69) is 0 Å². The third-order valence-electron chi connectivity index (χ3n) is 5.11. The summed E-state index contributed by atoms with van der Waals surface area (Å²) in [5.41, 5.74) is 5.51. The van der Waals surface area contributed by atoms with E-state index in [0.29, 0.717) is 42.1 Å². The molecule has 1 aliphatic carbocycles. The first kappa shape index (κ1) is 20.6. The van der Waals surface area contributed by atoms with Crippen LogP contribution < -0.4 is 10.5 Å². The summed E-state index contributed by atoms with van der Waals surface area (Å²) in [6.45, 7) is -0.133. The van der Waals surface area contributed by atoms with E-state index >= 15 is 0 Å². The highest BCUT2D eigenvalue weighted by molar-refractivity contribution is 5.99. The molecule has 1 aromatic carbocycles. The van der Waals surface area contributed by atoms with Crippen LogP contribution in [0.15, 0.2) is 63.6 Å². The number of alkyl halides is 3. The number of Topliss-reactive ketones (excluding diaryl/α,β-unsaturated/α-hetero) is 1. The molecule has 9 heteroatoms. The second-order valence-electron chi connectivity index (χ2n) is 7.16. The van der Waals surface area contributed by atoms with Crippen molar-refractivity contribution in [2.45, 2.75) is 38.0 Å². The topological polar surface area (TPSA) is 98.5 Å². The van der Waals surface area contributed by atoms with E-state index in [1.165, 1.54) is 12.1 Å². The average Bonchev–Trinajstić information content (AvgIpc) is 3.20. The lowest BCUT2D eigenvalue weighted by atomic mass is 9.80. The van der Waals surface area contributed by atoms with Crippen molar-refractivity contribution < 1.29 is 31.9 Å². The Hall–Kier alpha value is -3.67. The number of halogens is 3. The zero-order valence-electron chi connectivity index (χ0n) is 16.2. The number of rotatable bonds is 4. The van der Waals surface area contributed by atoms with Gasteiger partial charge < -0.3 is 19.6 Å². The zero-order valence-corrected chi connectivity index (χ0v) is 16.2. The van der Waals surface area contributed by atoms with Crippen LogP contribution in [0.4, 0.5) is 13.2 Å². The van der Waals surface area contributed by atoms with E-state index in [0.717, 1.165) is 12.1 Å². The Morgan fingerprint density at radius 3 is 2.77 bits per heavy atom. The molecule has 0 fully saturated rings. The number of carbonyl (C=O) groups excluding carboxylic acids is 1. The normalized spacial score (nSPS) is 19.0. The SMILES string of the molecule is N#CC1=C(N)OC2=C(C(=O)CCC2)[C@@H]1c1ccc(COc2cccc(C(F)(F)F)c2)o1. The molecule has 1 aromatic heterocycles. The molecule has 0 saturated carbocycles. The second-order valence-corrected chi connectivity index (χ2v) is 7.16. The van der Waals surface area contributed by atoms with E-state index in [1.807, 2.05) is 6.07 Å². The number of hydrogen-bond donors (Lipinski definition) is 1. The minimum absolute atomic E-state index is 0.0353. The molecular formula is C22H17F3N2O4. The maximum atomic E-state index is 12.9. The lowest BCUT2D eigenvalue weighted by molar-refractivity contribution is -0.137. The van der Waals surface area contributed by atoms with Crippen LogP contribution in [0.2, 0.25) is 0 Å². The van der Waals surface area contributed by atoms with Gasteiger partial charge in [0.1, 0.15) is 41.3 Å². The van der Waals surface area contributed by atoms with Gasteiger partial charge >= 0.3 is 6.18 Å². The number of ketones is 1. The van der Waals surface area contributed by atoms with Gasteiger partial charge in [-0.1, -0.05) is 6.07 Å². The number of ether oxygens (including phenoxy) is 2. The summed E-state index contributed by atoms with van der Waals surface area (Å²) in [5, 5.41) is 9.56. The lowest BCUT2D eigenvalue weighted by Gasteiger charge is -2.29. The molecule has 1 aliphatic heterocycles. The predicted octanol–water partition coefficient (Wildman–Crippen LogP) is 4.69. The highest BCUT2D eigenvalue weighted by Gasteiger charge is 2.39. The fourth-order valence-electron chi connectivity index (χ4n) is 3.68. The highest BCUT2D eigenvalue weighted by atomic mass is 19.4. The van der Waals surface area contributed by atoms with Gasteiger partial charge in [-0.25, -0.2) is 0 Å². The van der Waals surface area contributed by atoms with Gasteiger partial charge in [0.25, 0.3) is 0 Å². The van der Waals surface area contributed by atoms with Gasteiger partial charge in [0, 0.05) is 18.4 Å². The van der Waals surface area contributed by atoms with Crippen LogP contribution in [0.25, 0.3) is 0 Å². The average molecular weight is 430 g/mol. The molecule has 0 unspecified atom stereocenters. The van der Waals surface area contributed by atoms with Crippen LogP contribution >= 0.6 is 0 Å². The molecule has 0 radical (unpaired) electrons. The van der Waals surface area contributed by atoms with Crippen LogP contribution in [0.5, 0.6) is 5.75 Å². The minimum atomic E-state index is -4.47. The number of nitrogens with two attached hydrogens (primary N) is 1. The number of hydrogen-bond acceptors (Lipinski definition) is 6. The third-order valence-corrected chi connectivity index (χ3v) is 5.11. The number of furan rings is 1. The maximum absolute atomic E-state index is 12.9. The monoisotopic (exact) mass is 430 g/mol. The summed E-state index contributed by atoms with van der Waals surface area (Å²) >= 11 is 0. The number of nitriles is 1. The van der Waals surface area contributed by atoms with Gasteiger partial charge in [0.05, 0.1) is 11.5 Å². The molecule has 160 valence electrons. The van der Waals surface area contributed by atoms with Crippen LogP contribution in [0.1, 0.15) is 42.3 Å². The Morgan fingerprint density at radius 2 is 2.03 bits per heavy atom. The van der Waals surface area contributed by atoms with E-state index in [1.54, 1.807) is 12.1 Å². The van der Waals surface area contributed by atoms with Crippen molar-refractivity contribution >= 4 is 5.78 Å². The van der Waals surface area contributed by atoms with Crippen LogP contribution in [-0.4, -0.2) is 5.78 Å². The van der Waals surface area contributed by atoms with E-state index in [9.17, 15) is 23.2 Å². The predicted molar refractivity (Wildman–Crippen MR) is 101 cm³/mol. The smallest absolute Gasteiger partial charge is 0.416 e. The summed E-state index contributed by atoms with van der Waals surface area (Å²) in [5.74, 6) is 0.116. The molecule has 4 rings (SSSR count). The van der Waals surface area contributed by atoms with E-state index in [-0.39, 0.29) is 29.6 Å². The van der Waals surface area contributed by atoms with Gasteiger partial charge in [-0.3, -0.25) is 4.79 Å². The molecule has 2 N–H and O–H groups in total. The van der Waals surface area contributed by atoms with Crippen molar-refractivity contribution in [3.63, 3.8) is 0 Å². The van der Waals surface area contributed by atoms with Gasteiger partial charge in [0.2, 0.25) is 5.88 Å². The molecule has 2 aromatic rings. The lowest BCUT2D eigenvalue weighted by Crippen LogP contribution is -2.27. The Morgan fingerprint density at radius 1 is 1.23 bits per heavy atom. The fraction of sp³-hybridized carbons (Fsp3) is 0.273. The summed E-state index contributed by atoms with van der Waals surface area (Å²) < 4.78 is 55.3. The van der Waals surface area contributed by atoms with Crippen molar-refractivity contribution in [1.82, 2.24) is 0 Å².